The van der Waals surface area contributed by atoms with E-state index in [0.717, 1.165) is 33.4 Å². The summed E-state index contributed by atoms with van der Waals surface area (Å²) in [5.41, 5.74) is 1.88. The molecule has 0 radical (unpaired) electrons. The van der Waals surface area contributed by atoms with Crippen LogP contribution in [-0.2, 0) is 19.3 Å². The monoisotopic (exact) mass is 715 g/mol. The van der Waals surface area contributed by atoms with Gasteiger partial charge in [0.05, 0.1) is 0 Å². The maximum atomic E-state index is 13.9. The fourth-order valence-corrected chi connectivity index (χ4v) is 6.55. The van der Waals surface area contributed by atoms with E-state index in [1.807, 2.05) is 43.4 Å². The zero-order chi connectivity index (χ0) is 40.4. The van der Waals surface area contributed by atoms with Gasteiger partial charge in [0.1, 0.15) is 11.4 Å². The Kier molecular flexibility index (Phi) is 11.2. The van der Waals surface area contributed by atoms with Crippen LogP contribution in [0.5, 0.6) is 0 Å². The first-order valence-electron chi connectivity index (χ1n) is 19.0. The lowest BCUT2D eigenvalue weighted by molar-refractivity contribution is -0.116. The SMILES string of the molecule is CC1=CC(=NOC2(C(C)(C)C)C=C(C(C)(C)C)C(=O)C(C(C)(C)C)=C2)C(C(C)C)=CC1=NOC1(C(C)(C)C)C=C(C(C)(C)C)C(=O)C(C(C)(C)C)=C1. The number of nitrogens with zero attached hydrogens (tertiary/aromatic N) is 2. The first kappa shape index (κ1) is 43.1. The molecule has 0 bridgehead atoms. The number of ketones is 2. The summed E-state index contributed by atoms with van der Waals surface area (Å²) in [6.45, 7) is 43.9. The van der Waals surface area contributed by atoms with Crippen molar-refractivity contribution in [2.75, 3.05) is 0 Å². The summed E-state index contributed by atoms with van der Waals surface area (Å²) in [5, 5.41) is 9.75. The molecule has 6 nitrogen and oxygen atoms in total. The average molecular weight is 715 g/mol. The molecular formula is C46H70N2O4. The second-order valence-electron chi connectivity index (χ2n) is 21.7. The minimum atomic E-state index is -0.966. The quantitative estimate of drug-likeness (QED) is 0.210. The van der Waals surface area contributed by atoms with E-state index in [2.05, 4.69) is 138 Å². The van der Waals surface area contributed by atoms with Gasteiger partial charge in [-0.1, -0.05) is 149 Å². The summed E-state index contributed by atoms with van der Waals surface area (Å²) in [6, 6.07) is 0. The van der Waals surface area contributed by atoms with Crippen LogP contribution in [0.25, 0.3) is 0 Å². The smallest absolute Gasteiger partial charge is 0.185 e. The Hall–Kier alpha value is -3.28. The van der Waals surface area contributed by atoms with Gasteiger partial charge in [-0.25, -0.2) is 0 Å². The van der Waals surface area contributed by atoms with Gasteiger partial charge in [-0.2, -0.15) is 0 Å². The van der Waals surface area contributed by atoms with Crippen LogP contribution in [0, 0.1) is 38.4 Å². The number of Topliss-reactive ketones (excluding diaryl/α,β-unsaturated/α-hetero) is 2. The van der Waals surface area contributed by atoms with Crippen LogP contribution in [0.2, 0.25) is 0 Å². The zero-order valence-corrected chi connectivity index (χ0v) is 36.6. The number of allylic oxidation sites excluding steroid dienone is 8. The van der Waals surface area contributed by atoms with Gasteiger partial charge >= 0.3 is 0 Å². The lowest BCUT2D eigenvalue weighted by Gasteiger charge is -2.44. The van der Waals surface area contributed by atoms with Gasteiger partial charge in [-0.05, 0) is 82.1 Å². The molecule has 52 heavy (non-hydrogen) atoms. The maximum Gasteiger partial charge on any atom is 0.185 e. The third-order valence-electron chi connectivity index (χ3n) is 10.5. The molecule has 3 aliphatic carbocycles. The molecule has 0 spiro atoms. The number of oxime groups is 2. The molecule has 0 amide bonds. The minimum absolute atomic E-state index is 0.0667. The number of hydrogen-bond donors (Lipinski definition) is 0. The van der Waals surface area contributed by atoms with Crippen molar-refractivity contribution >= 4 is 23.0 Å². The fourth-order valence-electron chi connectivity index (χ4n) is 6.55. The number of carbonyl (C=O) groups excluding carboxylic acids is 2. The van der Waals surface area contributed by atoms with Crippen molar-refractivity contribution in [3.8, 4) is 0 Å². The molecule has 0 N–H and O–H groups in total. The topological polar surface area (TPSA) is 77.3 Å². The van der Waals surface area contributed by atoms with E-state index >= 15 is 0 Å². The Morgan fingerprint density at radius 3 is 1.04 bits per heavy atom. The molecule has 6 heteroatoms. The van der Waals surface area contributed by atoms with Crippen LogP contribution in [0.3, 0.4) is 0 Å². The highest BCUT2D eigenvalue weighted by molar-refractivity contribution is 6.23. The van der Waals surface area contributed by atoms with Gasteiger partial charge in [-0.15, -0.1) is 0 Å². The van der Waals surface area contributed by atoms with Gasteiger partial charge < -0.3 is 9.68 Å². The molecule has 0 aromatic heterocycles. The zero-order valence-electron chi connectivity index (χ0n) is 36.6. The summed E-state index contributed by atoms with van der Waals surface area (Å²) in [6.07, 6.45) is 12.1. The molecule has 288 valence electrons. The van der Waals surface area contributed by atoms with E-state index in [0.29, 0.717) is 11.4 Å². The van der Waals surface area contributed by atoms with Crippen molar-refractivity contribution in [3.05, 3.63) is 69.9 Å². The molecule has 0 aromatic carbocycles. The summed E-state index contributed by atoms with van der Waals surface area (Å²) >= 11 is 0. The first-order valence-corrected chi connectivity index (χ1v) is 19.0. The van der Waals surface area contributed by atoms with E-state index in [-0.39, 0.29) is 39.1 Å². The minimum Gasteiger partial charge on any atom is -0.380 e. The van der Waals surface area contributed by atoms with Gasteiger partial charge in [0, 0.05) is 33.1 Å². The molecule has 0 aliphatic heterocycles. The molecule has 0 atom stereocenters. The summed E-state index contributed by atoms with van der Waals surface area (Å²) < 4.78 is 0. The highest BCUT2D eigenvalue weighted by atomic mass is 16.7. The summed E-state index contributed by atoms with van der Waals surface area (Å²) in [5.74, 6) is 0.231. The predicted molar refractivity (Wildman–Crippen MR) is 218 cm³/mol. The van der Waals surface area contributed by atoms with E-state index < -0.39 is 22.0 Å². The molecular weight excluding hydrogens is 645 g/mol. The van der Waals surface area contributed by atoms with Crippen LogP contribution in [0.15, 0.2) is 80.2 Å². The largest absolute Gasteiger partial charge is 0.380 e. The lowest BCUT2D eigenvalue weighted by atomic mass is 9.64. The second-order valence-corrected chi connectivity index (χ2v) is 21.7. The van der Waals surface area contributed by atoms with E-state index in [1.165, 1.54) is 0 Å². The van der Waals surface area contributed by atoms with E-state index in [4.69, 9.17) is 20.0 Å². The molecule has 3 aliphatic rings. The molecule has 0 heterocycles. The normalized spacial score (nSPS) is 22.1. The molecule has 0 aromatic rings. The van der Waals surface area contributed by atoms with Crippen molar-refractivity contribution in [3.63, 3.8) is 0 Å². The third kappa shape index (κ3) is 8.57. The highest BCUT2D eigenvalue weighted by Crippen LogP contribution is 2.49. The average Bonchev–Trinajstić information content (AvgIpc) is 2.92. The van der Waals surface area contributed by atoms with Crippen molar-refractivity contribution in [2.45, 2.75) is 157 Å². The van der Waals surface area contributed by atoms with Crippen molar-refractivity contribution in [2.24, 2.45) is 48.7 Å². The summed E-state index contributed by atoms with van der Waals surface area (Å²) in [7, 11) is 0. The number of hydrogen-bond acceptors (Lipinski definition) is 6. The van der Waals surface area contributed by atoms with Crippen LogP contribution in [-0.4, -0.2) is 34.2 Å². The van der Waals surface area contributed by atoms with E-state index in [9.17, 15) is 9.59 Å². The Morgan fingerprint density at radius 2 is 0.788 bits per heavy atom. The van der Waals surface area contributed by atoms with Gasteiger partial charge in [0.25, 0.3) is 0 Å². The first-order chi connectivity index (χ1) is 23.1. The molecule has 0 fully saturated rings. The van der Waals surface area contributed by atoms with Crippen molar-refractivity contribution < 1.29 is 19.3 Å². The molecule has 0 saturated carbocycles. The van der Waals surface area contributed by atoms with Crippen LogP contribution >= 0.6 is 0 Å². The van der Waals surface area contributed by atoms with Gasteiger partial charge in [-0.3, -0.25) is 9.59 Å². The number of carbonyl (C=O) groups is 2. The molecule has 0 saturated heterocycles. The highest BCUT2D eigenvalue weighted by Gasteiger charge is 2.51. The van der Waals surface area contributed by atoms with Gasteiger partial charge in [0.2, 0.25) is 0 Å². The molecule has 3 rings (SSSR count). The Morgan fingerprint density at radius 1 is 0.500 bits per heavy atom. The van der Waals surface area contributed by atoms with E-state index in [1.54, 1.807) is 0 Å². The third-order valence-corrected chi connectivity index (χ3v) is 10.5. The van der Waals surface area contributed by atoms with Crippen LogP contribution in [0.4, 0.5) is 0 Å². The fraction of sp³-hybridized carbons (Fsp3) is 0.652. The lowest BCUT2D eigenvalue weighted by Crippen LogP contribution is -2.46. The Bertz CT molecular complexity index is 1650. The Balaban J connectivity index is 2.22. The Labute approximate surface area is 316 Å². The van der Waals surface area contributed by atoms with Crippen molar-refractivity contribution in [1.29, 1.82) is 0 Å². The molecule has 0 unspecified atom stereocenters. The van der Waals surface area contributed by atoms with Crippen LogP contribution in [0.1, 0.15) is 145 Å². The summed E-state index contributed by atoms with van der Waals surface area (Å²) in [4.78, 5) is 41.2. The maximum absolute atomic E-state index is 13.9. The number of rotatable bonds is 5. The van der Waals surface area contributed by atoms with Crippen molar-refractivity contribution in [1.82, 2.24) is 0 Å². The van der Waals surface area contributed by atoms with Crippen LogP contribution < -0.4 is 0 Å². The second kappa shape index (κ2) is 13.5. The standard InChI is InChI=1S/C46H70N2O4/c1-28(2)30-23-35(47-51-45(43(16,17)18)24-31(39(4,5)6)37(49)32(25-45)40(7,8)9)29(3)22-36(30)48-52-46(44(19,20)21)26-33(41(10,11)12)38(50)34(27-46)42(13,14)15/h22-28H,1-21H3. The van der Waals surface area contributed by atoms with Gasteiger partial charge in [0.15, 0.2) is 22.8 Å². The predicted octanol–water partition coefficient (Wildman–Crippen LogP) is 11.9.